The van der Waals surface area contributed by atoms with Crippen molar-refractivity contribution in [3.63, 3.8) is 0 Å². The smallest absolute Gasteiger partial charge is 0.272 e. The molecule has 0 saturated carbocycles. The van der Waals surface area contributed by atoms with E-state index in [1.54, 1.807) is 42.9 Å². The minimum Gasteiger partial charge on any atom is -0.493 e. The van der Waals surface area contributed by atoms with Crippen molar-refractivity contribution in [3.8, 4) is 11.5 Å². The molecule has 3 rings (SSSR count). The first-order valence-corrected chi connectivity index (χ1v) is 12.3. The Morgan fingerprint density at radius 3 is 2.46 bits per heavy atom. The Morgan fingerprint density at radius 2 is 1.86 bits per heavy atom. The summed E-state index contributed by atoms with van der Waals surface area (Å²) in [5.74, 6) is 1.41. The van der Waals surface area contributed by atoms with Crippen LogP contribution in [-0.2, 0) is 16.0 Å². The SMILES string of the molecule is C=C/C=C(/c1ccc(OC)c(OC)c1)n1nc(C(=O)NC2CCN(C(=O)COC(=C)C)CC2)cc1CC. The molecule has 1 fully saturated rings. The quantitative estimate of drug-likeness (QED) is 0.366. The van der Waals surface area contributed by atoms with Crippen LogP contribution in [0.1, 0.15) is 48.4 Å². The normalized spacial score (nSPS) is 14.2. The summed E-state index contributed by atoms with van der Waals surface area (Å²) in [4.78, 5) is 27.1. The van der Waals surface area contributed by atoms with Crippen LogP contribution in [0.15, 0.2) is 55.3 Å². The van der Waals surface area contributed by atoms with Gasteiger partial charge in [-0.25, -0.2) is 4.68 Å². The molecule has 1 saturated heterocycles. The van der Waals surface area contributed by atoms with Gasteiger partial charge in [-0.2, -0.15) is 5.10 Å². The summed E-state index contributed by atoms with van der Waals surface area (Å²) in [6, 6.07) is 7.37. The largest absolute Gasteiger partial charge is 0.493 e. The molecule has 9 heteroatoms. The van der Waals surface area contributed by atoms with Crippen molar-refractivity contribution in [3.05, 3.63) is 72.3 Å². The topological polar surface area (TPSA) is 94.9 Å². The molecule has 1 aliphatic rings. The molecule has 0 atom stereocenters. The van der Waals surface area contributed by atoms with Gasteiger partial charge in [-0.05, 0) is 56.5 Å². The Bertz CT molecular complexity index is 1180. The molecule has 2 heterocycles. The maximum absolute atomic E-state index is 13.1. The summed E-state index contributed by atoms with van der Waals surface area (Å²) in [5, 5.41) is 7.73. The molecule has 1 aliphatic heterocycles. The number of aromatic nitrogens is 2. The Labute approximate surface area is 218 Å². The zero-order chi connectivity index (χ0) is 26.9. The van der Waals surface area contributed by atoms with E-state index in [-0.39, 0.29) is 24.5 Å². The lowest BCUT2D eigenvalue weighted by molar-refractivity contribution is -0.135. The standard InChI is InChI=1S/C28H36N4O5/c1-7-9-24(20-10-11-25(35-5)26(16-20)36-6)32-22(8-2)17-23(30-32)28(34)29-21-12-14-31(15-13-21)27(33)18-37-19(3)4/h7,9-11,16-17,21H,1,3,8,12-15,18H2,2,4-6H3,(H,29,34)/b24-9-. The van der Waals surface area contributed by atoms with Crippen LogP contribution < -0.4 is 14.8 Å². The zero-order valence-electron chi connectivity index (χ0n) is 22.1. The predicted octanol–water partition coefficient (Wildman–Crippen LogP) is 3.81. The van der Waals surface area contributed by atoms with Gasteiger partial charge < -0.3 is 24.4 Å². The molecule has 198 valence electrons. The number of likely N-dealkylation sites (tertiary alicyclic amines) is 1. The number of nitrogens with one attached hydrogen (secondary N) is 1. The van der Waals surface area contributed by atoms with Crippen LogP contribution in [0.5, 0.6) is 11.5 Å². The molecule has 0 aliphatic carbocycles. The first-order valence-electron chi connectivity index (χ1n) is 12.3. The van der Waals surface area contributed by atoms with Gasteiger partial charge in [0.25, 0.3) is 11.8 Å². The summed E-state index contributed by atoms with van der Waals surface area (Å²) in [5.41, 5.74) is 2.82. The van der Waals surface area contributed by atoms with Crippen LogP contribution in [-0.4, -0.2) is 66.5 Å². The minimum atomic E-state index is -0.242. The van der Waals surface area contributed by atoms with Crippen molar-refractivity contribution in [2.75, 3.05) is 33.9 Å². The number of aryl methyl sites for hydroxylation is 1. The molecule has 0 bridgehead atoms. The van der Waals surface area contributed by atoms with Gasteiger partial charge in [0.05, 0.1) is 25.7 Å². The fourth-order valence-corrected chi connectivity index (χ4v) is 4.20. The maximum Gasteiger partial charge on any atom is 0.272 e. The zero-order valence-corrected chi connectivity index (χ0v) is 22.1. The number of ether oxygens (including phenoxy) is 3. The van der Waals surface area contributed by atoms with E-state index in [0.717, 1.165) is 17.0 Å². The predicted molar refractivity (Wildman–Crippen MR) is 143 cm³/mol. The number of hydrogen-bond acceptors (Lipinski definition) is 6. The lowest BCUT2D eigenvalue weighted by atomic mass is 10.0. The van der Waals surface area contributed by atoms with E-state index in [2.05, 4.69) is 23.6 Å². The number of carbonyl (C=O) groups excluding carboxylic acids is 2. The number of nitrogens with zero attached hydrogens (tertiary/aromatic N) is 3. The van der Waals surface area contributed by atoms with Crippen molar-refractivity contribution < 1.29 is 23.8 Å². The van der Waals surface area contributed by atoms with Gasteiger partial charge in [0.2, 0.25) is 0 Å². The number of benzene rings is 1. The van der Waals surface area contributed by atoms with Crippen LogP contribution in [0.2, 0.25) is 0 Å². The van der Waals surface area contributed by atoms with Gasteiger partial charge in [0.15, 0.2) is 23.8 Å². The van der Waals surface area contributed by atoms with E-state index >= 15 is 0 Å². The Morgan fingerprint density at radius 1 is 1.16 bits per heavy atom. The molecule has 1 aromatic carbocycles. The highest BCUT2D eigenvalue weighted by Gasteiger charge is 2.26. The molecule has 0 unspecified atom stereocenters. The Balaban J connectivity index is 1.74. The lowest BCUT2D eigenvalue weighted by Crippen LogP contribution is -2.47. The molecule has 2 aromatic rings. The number of methoxy groups -OCH3 is 2. The van der Waals surface area contributed by atoms with E-state index in [1.165, 1.54) is 0 Å². The van der Waals surface area contributed by atoms with Crippen molar-refractivity contribution in [2.24, 2.45) is 0 Å². The molecule has 1 aromatic heterocycles. The van der Waals surface area contributed by atoms with Gasteiger partial charge in [-0.15, -0.1) is 0 Å². The van der Waals surface area contributed by atoms with E-state index in [4.69, 9.17) is 14.2 Å². The highest BCUT2D eigenvalue weighted by atomic mass is 16.5. The number of amides is 2. The third-order valence-electron chi connectivity index (χ3n) is 6.19. The van der Waals surface area contributed by atoms with E-state index in [0.29, 0.717) is 55.3 Å². The van der Waals surface area contributed by atoms with Crippen molar-refractivity contribution >= 4 is 17.5 Å². The van der Waals surface area contributed by atoms with Gasteiger partial charge in [-0.1, -0.05) is 26.2 Å². The molecule has 9 nitrogen and oxygen atoms in total. The van der Waals surface area contributed by atoms with Gasteiger partial charge >= 0.3 is 0 Å². The average Bonchev–Trinajstić information content (AvgIpc) is 3.34. The minimum absolute atomic E-state index is 0.00970. The van der Waals surface area contributed by atoms with Crippen molar-refractivity contribution in [1.29, 1.82) is 0 Å². The van der Waals surface area contributed by atoms with Gasteiger partial charge in [-0.3, -0.25) is 9.59 Å². The lowest BCUT2D eigenvalue weighted by Gasteiger charge is -2.32. The summed E-state index contributed by atoms with van der Waals surface area (Å²) in [6.45, 7) is 12.3. The maximum atomic E-state index is 13.1. The second-order valence-corrected chi connectivity index (χ2v) is 8.76. The summed E-state index contributed by atoms with van der Waals surface area (Å²) >= 11 is 0. The van der Waals surface area contributed by atoms with Crippen LogP contribution in [0.25, 0.3) is 5.70 Å². The fraction of sp³-hybridized carbons (Fsp3) is 0.393. The summed E-state index contributed by atoms with van der Waals surface area (Å²) in [6.07, 6.45) is 5.54. The third kappa shape index (κ3) is 6.81. The highest BCUT2D eigenvalue weighted by molar-refractivity contribution is 5.93. The number of carbonyl (C=O) groups is 2. The molecular weight excluding hydrogens is 472 g/mol. The van der Waals surface area contributed by atoms with Crippen LogP contribution in [0.3, 0.4) is 0 Å². The molecule has 1 N–H and O–H groups in total. The third-order valence-corrected chi connectivity index (χ3v) is 6.19. The number of piperidine rings is 1. The van der Waals surface area contributed by atoms with E-state index in [1.807, 2.05) is 31.2 Å². The van der Waals surface area contributed by atoms with Gasteiger partial charge in [0, 0.05) is 30.4 Å². The second-order valence-electron chi connectivity index (χ2n) is 8.76. The molecule has 0 spiro atoms. The molecule has 2 amide bonds. The fourth-order valence-electron chi connectivity index (χ4n) is 4.20. The number of rotatable bonds is 11. The first-order chi connectivity index (χ1) is 17.8. The number of allylic oxidation sites excluding steroid dienone is 3. The summed E-state index contributed by atoms with van der Waals surface area (Å²) in [7, 11) is 3.17. The van der Waals surface area contributed by atoms with E-state index in [9.17, 15) is 9.59 Å². The molecular formula is C28H36N4O5. The Hall–Kier alpha value is -4.01. The second kappa shape index (κ2) is 12.8. The van der Waals surface area contributed by atoms with Crippen LogP contribution >= 0.6 is 0 Å². The van der Waals surface area contributed by atoms with Crippen molar-refractivity contribution in [1.82, 2.24) is 20.0 Å². The van der Waals surface area contributed by atoms with Crippen molar-refractivity contribution in [2.45, 2.75) is 39.2 Å². The average molecular weight is 509 g/mol. The van der Waals surface area contributed by atoms with E-state index < -0.39 is 0 Å². The van der Waals surface area contributed by atoms with Gasteiger partial charge in [0.1, 0.15) is 0 Å². The Kier molecular flexibility index (Phi) is 9.54. The molecule has 37 heavy (non-hydrogen) atoms. The molecule has 0 radical (unpaired) electrons. The highest BCUT2D eigenvalue weighted by Crippen LogP contribution is 2.31. The first kappa shape index (κ1) is 27.6. The monoisotopic (exact) mass is 508 g/mol. The van der Waals surface area contributed by atoms with Crippen LogP contribution in [0, 0.1) is 0 Å². The van der Waals surface area contributed by atoms with Crippen LogP contribution in [0.4, 0.5) is 0 Å². The summed E-state index contributed by atoms with van der Waals surface area (Å²) < 4.78 is 17.8. The number of hydrogen-bond donors (Lipinski definition) is 1.